The third-order valence-electron chi connectivity index (χ3n) is 1.89. The summed E-state index contributed by atoms with van der Waals surface area (Å²) in [6.07, 6.45) is 0.733. The minimum Gasteiger partial charge on any atom is -0.481 e. The lowest BCUT2D eigenvalue weighted by Crippen LogP contribution is -1.97. The van der Waals surface area contributed by atoms with Crippen molar-refractivity contribution >= 4 is 18.6 Å². The predicted molar refractivity (Wildman–Crippen MR) is 63.1 cm³/mol. The van der Waals surface area contributed by atoms with E-state index in [9.17, 15) is 4.79 Å². The van der Waals surface area contributed by atoms with Crippen LogP contribution in [0.2, 0.25) is 0 Å². The maximum Gasteiger partial charge on any atom is 0.303 e. The van der Waals surface area contributed by atoms with Crippen molar-refractivity contribution in [1.29, 1.82) is 0 Å². The molecule has 0 saturated carbocycles. The molecule has 1 aromatic rings. The Hall–Kier alpha value is -1.40. The van der Waals surface area contributed by atoms with Crippen LogP contribution in [0.5, 0.6) is 0 Å². The summed E-state index contributed by atoms with van der Waals surface area (Å²) in [5.74, 6) is 5.57. The van der Waals surface area contributed by atoms with Crippen molar-refractivity contribution < 1.29 is 9.90 Å². The van der Waals surface area contributed by atoms with Gasteiger partial charge in [-0.15, -0.1) is 0 Å². The first-order valence-electron chi connectivity index (χ1n) is 4.63. The van der Waals surface area contributed by atoms with E-state index < -0.39 is 5.97 Å². The molecule has 0 atom stereocenters. The van der Waals surface area contributed by atoms with Crippen LogP contribution in [0.4, 0.5) is 0 Å². The molecule has 0 aliphatic carbocycles. The Morgan fingerprint density at radius 3 is 2.53 bits per heavy atom. The van der Waals surface area contributed by atoms with E-state index in [1.54, 1.807) is 0 Å². The lowest BCUT2D eigenvalue weighted by molar-refractivity contribution is -0.136. The zero-order valence-corrected chi connectivity index (χ0v) is 9.13. The number of hydrogen-bond acceptors (Lipinski definition) is 2. The van der Waals surface area contributed by atoms with Crippen LogP contribution >= 0.6 is 12.6 Å². The van der Waals surface area contributed by atoms with Gasteiger partial charge in [0.1, 0.15) is 0 Å². The number of hydrogen-bond donors (Lipinski definition) is 2. The van der Waals surface area contributed by atoms with Crippen molar-refractivity contribution in [3.05, 3.63) is 35.4 Å². The molecular weight excluding hydrogens is 208 g/mol. The minimum absolute atomic E-state index is 0.168. The van der Waals surface area contributed by atoms with Gasteiger partial charge in [0.15, 0.2) is 0 Å². The molecule has 0 bridgehead atoms. The van der Waals surface area contributed by atoms with E-state index in [1.165, 1.54) is 0 Å². The van der Waals surface area contributed by atoms with Crippen LogP contribution in [0.25, 0.3) is 0 Å². The monoisotopic (exact) mass is 220 g/mol. The number of rotatable bonds is 3. The van der Waals surface area contributed by atoms with E-state index in [0.717, 1.165) is 11.1 Å². The van der Waals surface area contributed by atoms with Crippen molar-refractivity contribution in [3.8, 4) is 11.8 Å². The first-order valence-corrected chi connectivity index (χ1v) is 5.26. The molecule has 0 spiro atoms. The summed E-state index contributed by atoms with van der Waals surface area (Å²) in [6.45, 7) is 0. The third-order valence-corrected chi connectivity index (χ3v) is 2.05. The molecule has 15 heavy (non-hydrogen) atoms. The van der Waals surface area contributed by atoms with Gasteiger partial charge in [-0.2, -0.15) is 12.6 Å². The number of thiol groups is 1. The fraction of sp³-hybridized carbons (Fsp3) is 0.250. The molecule has 0 saturated heterocycles. The Morgan fingerprint density at radius 2 is 2.00 bits per heavy atom. The molecule has 1 aromatic carbocycles. The lowest BCUT2D eigenvalue weighted by Gasteiger charge is -1.98. The molecule has 0 amide bonds. The lowest BCUT2D eigenvalue weighted by atomic mass is 10.1. The summed E-state index contributed by atoms with van der Waals surface area (Å²) in [6, 6.07) is 7.61. The van der Waals surface area contributed by atoms with E-state index in [-0.39, 0.29) is 6.42 Å². The molecule has 0 fully saturated rings. The van der Waals surface area contributed by atoms with Crippen LogP contribution in [0, 0.1) is 11.8 Å². The summed E-state index contributed by atoms with van der Waals surface area (Å²) < 4.78 is 0. The van der Waals surface area contributed by atoms with Gasteiger partial charge in [-0.05, 0) is 24.1 Å². The fourth-order valence-electron chi connectivity index (χ4n) is 1.15. The third kappa shape index (κ3) is 4.57. The standard InChI is InChI=1S/C12H12O2S/c13-12(14)8-7-11-5-3-10(4-6-11)2-1-9-15/h3-6,15H,7-9H2,(H,13,14). The van der Waals surface area contributed by atoms with Gasteiger partial charge in [0.25, 0.3) is 0 Å². The zero-order chi connectivity index (χ0) is 11.1. The quantitative estimate of drug-likeness (QED) is 0.604. The average Bonchev–Trinajstić information content (AvgIpc) is 2.25. The molecule has 0 unspecified atom stereocenters. The number of aryl methyl sites for hydroxylation is 1. The van der Waals surface area contributed by atoms with Crippen LogP contribution in [0.3, 0.4) is 0 Å². The topological polar surface area (TPSA) is 37.3 Å². The van der Waals surface area contributed by atoms with E-state index in [4.69, 9.17) is 5.11 Å². The number of carboxylic acids is 1. The van der Waals surface area contributed by atoms with E-state index in [2.05, 4.69) is 24.5 Å². The first-order chi connectivity index (χ1) is 7.22. The maximum atomic E-state index is 10.4. The molecule has 1 rings (SSSR count). The molecule has 0 aliphatic rings. The Bertz CT molecular complexity index is 384. The molecule has 2 nitrogen and oxygen atoms in total. The Labute approximate surface area is 94.7 Å². The molecule has 3 heteroatoms. The van der Waals surface area contributed by atoms with Crippen molar-refractivity contribution in [2.24, 2.45) is 0 Å². The highest BCUT2D eigenvalue weighted by Crippen LogP contribution is 2.05. The highest BCUT2D eigenvalue weighted by molar-refractivity contribution is 7.80. The van der Waals surface area contributed by atoms with Gasteiger partial charge >= 0.3 is 5.97 Å². The minimum atomic E-state index is -0.769. The van der Waals surface area contributed by atoms with Gasteiger partial charge < -0.3 is 5.11 Å². The molecule has 0 heterocycles. The van der Waals surface area contributed by atoms with E-state index in [1.807, 2.05) is 24.3 Å². The molecule has 0 aliphatic heterocycles. The maximum absolute atomic E-state index is 10.4. The van der Waals surface area contributed by atoms with E-state index in [0.29, 0.717) is 12.2 Å². The second-order valence-electron chi connectivity index (χ2n) is 3.05. The van der Waals surface area contributed by atoms with Crippen molar-refractivity contribution in [2.75, 3.05) is 5.75 Å². The normalized spacial score (nSPS) is 9.13. The Balaban J connectivity index is 2.60. The molecule has 0 aromatic heterocycles. The van der Waals surface area contributed by atoms with Gasteiger partial charge in [-0.3, -0.25) is 4.79 Å². The van der Waals surface area contributed by atoms with Gasteiger partial charge in [0.05, 0.1) is 5.75 Å². The number of benzene rings is 1. The molecule has 78 valence electrons. The van der Waals surface area contributed by atoms with Crippen molar-refractivity contribution in [2.45, 2.75) is 12.8 Å². The molecule has 1 N–H and O–H groups in total. The molecule has 0 radical (unpaired) electrons. The summed E-state index contributed by atoms with van der Waals surface area (Å²) in [4.78, 5) is 10.4. The summed E-state index contributed by atoms with van der Waals surface area (Å²) >= 11 is 3.99. The summed E-state index contributed by atoms with van der Waals surface area (Å²) in [7, 11) is 0. The Morgan fingerprint density at radius 1 is 1.33 bits per heavy atom. The zero-order valence-electron chi connectivity index (χ0n) is 8.23. The summed E-state index contributed by atoms with van der Waals surface area (Å²) in [5.41, 5.74) is 1.96. The average molecular weight is 220 g/mol. The van der Waals surface area contributed by atoms with Crippen LogP contribution in [0.1, 0.15) is 17.5 Å². The highest BCUT2D eigenvalue weighted by atomic mass is 32.1. The van der Waals surface area contributed by atoms with Crippen molar-refractivity contribution in [3.63, 3.8) is 0 Å². The number of aliphatic carboxylic acids is 1. The second-order valence-corrected chi connectivity index (χ2v) is 3.37. The highest BCUT2D eigenvalue weighted by Gasteiger charge is 1.98. The van der Waals surface area contributed by atoms with Crippen LogP contribution < -0.4 is 0 Å². The van der Waals surface area contributed by atoms with Crippen molar-refractivity contribution in [1.82, 2.24) is 0 Å². The van der Waals surface area contributed by atoms with Crippen LogP contribution in [-0.2, 0) is 11.2 Å². The Kier molecular flexibility index (Phi) is 4.79. The summed E-state index contributed by atoms with van der Waals surface area (Å²) in [5, 5.41) is 8.51. The molecular formula is C12H12O2S. The smallest absolute Gasteiger partial charge is 0.303 e. The SMILES string of the molecule is O=C(O)CCc1ccc(C#CCS)cc1. The van der Waals surface area contributed by atoms with Gasteiger partial charge in [0, 0.05) is 12.0 Å². The fourth-order valence-corrected chi connectivity index (χ4v) is 1.23. The van der Waals surface area contributed by atoms with Gasteiger partial charge in [-0.25, -0.2) is 0 Å². The predicted octanol–water partition coefficient (Wildman–Crippen LogP) is 1.99. The second kappa shape index (κ2) is 6.15. The number of carbonyl (C=O) groups is 1. The van der Waals surface area contributed by atoms with Crippen LogP contribution in [0.15, 0.2) is 24.3 Å². The van der Waals surface area contributed by atoms with Crippen LogP contribution in [-0.4, -0.2) is 16.8 Å². The number of carboxylic acid groups (broad SMARTS) is 1. The van der Waals surface area contributed by atoms with Gasteiger partial charge in [0.2, 0.25) is 0 Å². The largest absolute Gasteiger partial charge is 0.481 e. The first kappa shape index (κ1) is 11.7. The van der Waals surface area contributed by atoms with E-state index >= 15 is 0 Å². The van der Waals surface area contributed by atoms with Gasteiger partial charge in [-0.1, -0.05) is 24.0 Å².